The van der Waals surface area contributed by atoms with Crippen molar-refractivity contribution >= 4 is 5.52 Å². The van der Waals surface area contributed by atoms with Gasteiger partial charge in [-0.25, -0.2) is 4.52 Å². The standard InChI is InChI=1S/C15H11N7/c1-21-8-13(7-19-21)10-2-14(12-4-17-18-5-12)15-11(3-16)6-20-22(15)9-10/h2,4-9H,1H3,(H,17,18). The van der Waals surface area contributed by atoms with Crippen molar-refractivity contribution in [2.45, 2.75) is 0 Å². The van der Waals surface area contributed by atoms with Gasteiger partial charge in [0.05, 0.1) is 29.7 Å². The first-order chi connectivity index (χ1) is 10.8. The SMILES string of the molecule is Cn1cc(-c2cc(-c3cn[nH]c3)c3c(C#N)cnn3c2)cn1. The Bertz CT molecular complexity index is 999. The van der Waals surface area contributed by atoms with Crippen LogP contribution in [0.2, 0.25) is 0 Å². The minimum atomic E-state index is 0.536. The summed E-state index contributed by atoms with van der Waals surface area (Å²) in [6.45, 7) is 0. The van der Waals surface area contributed by atoms with E-state index < -0.39 is 0 Å². The van der Waals surface area contributed by atoms with Gasteiger partial charge in [-0.15, -0.1) is 0 Å². The van der Waals surface area contributed by atoms with Crippen molar-refractivity contribution in [3.05, 3.63) is 48.8 Å². The molecule has 7 heteroatoms. The molecule has 0 fully saturated rings. The van der Waals surface area contributed by atoms with Crippen molar-refractivity contribution in [1.29, 1.82) is 5.26 Å². The summed E-state index contributed by atoms with van der Waals surface area (Å²) in [6, 6.07) is 4.21. The number of hydrogen-bond acceptors (Lipinski definition) is 4. The van der Waals surface area contributed by atoms with E-state index >= 15 is 0 Å². The van der Waals surface area contributed by atoms with Crippen LogP contribution in [0.5, 0.6) is 0 Å². The molecule has 0 atom stereocenters. The van der Waals surface area contributed by atoms with E-state index in [2.05, 4.69) is 26.5 Å². The second kappa shape index (κ2) is 4.56. The first kappa shape index (κ1) is 12.3. The molecule has 22 heavy (non-hydrogen) atoms. The lowest BCUT2D eigenvalue weighted by Crippen LogP contribution is -1.92. The van der Waals surface area contributed by atoms with Crippen LogP contribution < -0.4 is 0 Å². The minimum Gasteiger partial charge on any atom is -0.285 e. The van der Waals surface area contributed by atoms with Crippen LogP contribution in [0, 0.1) is 11.3 Å². The van der Waals surface area contributed by atoms with Gasteiger partial charge in [-0.05, 0) is 6.07 Å². The molecule has 0 aromatic carbocycles. The van der Waals surface area contributed by atoms with Crippen molar-refractivity contribution < 1.29 is 0 Å². The van der Waals surface area contributed by atoms with E-state index in [0.29, 0.717) is 5.56 Å². The van der Waals surface area contributed by atoms with E-state index in [1.807, 2.05) is 25.5 Å². The van der Waals surface area contributed by atoms with E-state index in [-0.39, 0.29) is 0 Å². The lowest BCUT2D eigenvalue weighted by Gasteiger charge is -2.06. The molecule has 0 aliphatic carbocycles. The van der Waals surface area contributed by atoms with Crippen LogP contribution in [-0.2, 0) is 7.05 Å². The van der Waals surface area contributed by atoms with Crippen LogP contribution in [0.4, 0.5) is 0 Å². The van der Waals surface area contributed by atoms with Gasteiger partial charge in [-0.1, -0.05) is 0 Å². The smallest absolute Gasteiger partial charge is 0.103 e. The number of fused-ring (bicyclic) bond motifs is 1. The summed E-state index contributed by atoms with van der Waals surface area (Å²) < 4.78 is 3.48. The van der Waals surface area contributed by atoms with Crippen LogP contribution in [0.1, 0.15) is 5.56 Å². The predicted molar refractivity (Wildman–Crippen MR) is 79.7 cm³/mol. The van der Waals surface area contributed by atoms with Gasteiger partial charge in [0.2, 0.25) is 0 Å². The van der Waals surface area contributed by atoms with Crippen LogP contribution >= 0.6 is 0 Å². The van der Waals surface area contributed by atoms with Crippen molar-refractivity contribution in [2.24, 2.45) is 7.05 Å². The molecular formula is C15H11N7. The Hall–Kier alpha value is -3.40. The summed E-state index contributed by atoms with van der Waals surface area (Å²) in [4.78, 5) is 0. The van der Waals surface area contributed by atoms with Crippen LogP contribution in [0.3, 0.4) is 0 Å². The zero-order chi connectivity index (χ0) is 15.1. The average Bonchev–Trinajstić information content (AvgIpc) is 3.26. The second-order valence-electron chi connectivity index (χ2n) is 5.00. The Balaban J connectivity index is 2.05. The van der Waals surface area contributed by atoms with Gasteiger partial charge in [0.25, 0.3) is 0 Å². The molecule has 0 bridgehead atoms. The van der Waals surface area contributed by atoms with E-state index in [0.717, 1.165) is 27.8 Å². The molecule has 0 saturated carbocycles. The van der Waals surface area contributed by atoms with E-state index in [1.165, 1.54) is 0 Å². The third kappa shape index (κ3) is 1.78. The lowest BCUT2D eigenvalue weighted by atomic mass is 10.0. The van der Waals surface area contributed by atoms with Crippen LogP contribution in [0.25, 0.3) is 27.8 Å². The molecule has 0 aliphatic rings. The van der Waals surface area contributed by atoms with E-state index in [9.17, 15) is 5.26 Å². The normalized spacial score (nSPS) is 10.9. The summed E-state index contributed by atoms with van der Waals surface area (Å²) in [5.74, 6) is 0. The third-order valence-corrected chi connectivity index (χ3v) is 3.58. The largest absolute Gasteiger partial charge is 0.285 e. The fourth-order valence-electron chi connectivity index (χ4n) is 2.55. The highest BCUT2D eigenvalue weighted by molar-refractivity contribution is 5.87. The number of H-pyrrole nitrogens is 1. The summed E-state index contributed by atoms with van der Waals surface area (Å²) >= 11 is 0. The van der Waals surface area contributed by atoms with Crippen molar-refractivity contribution in [3.8, 4) is 28.3 Å². The number of hydrogen-bond donors (Lipinski definition) is 1. The van der Waals surface area contributed by atoms with Crippen molar-refractivity contribution in [1.82, 2.24) is 29.6 Å². The lowest BCUT2D eigenvalue weighted by molar-refractivity contribution is 0.768. The fraction of sp³-hybridized carbons (Fsp3) is 0.0667. The summed E-state index contributed by atoms with van der Waals surface area (Å²) in [7, 11) is 1.88. The first-order valence-corrected chi connectivity index (χ1v) is 6.66. The molecule has 106 valence electrons. The van der Waals surface area contributed by atoms with Crippen molar-refractivity contribution in [3.63, 3.8) is 0 Å². The number of aromatic amines is 1. The van der Waals surface area contributed by atoms with Gasteiger partial charge in [0.15, 0.2) is 0 Å². The van der Waals surface area contributed by atoms with Gasteiger partial charge >= 0.3 is 0 Å². The molecule has 0 spiro atoms. The number of nitrogens with zero attached hydrogens (tertiary/aromatic N) is 6. The Morgan fingerprint density at radius 1 is 1.09 bits per heavy atom. The zero-order valence-electron chi connectivity index (χ0n) is 11.7. The highest BCUT2D eigenvalue weighted by Gasteiger charge is 2.14. The predicted octanol–water partition coefficient (Wildman–Crippen LogP) is 2.00. The third-order valence-electron chi connectivity index (χ3n) is 3.58. The fourth-order valence-corrected chi connectivity index (χ4v) is 2.55. The Morgan fingerprint density at radius 2 is 2.00 bits per heavy atom. The Labute approximate surface area is 125 Å². The first-order valence-electron chi connectivity index (χ1n) is 6.66. The number of nitrogens with one attached hydrogen (secondary N) is 1. The summed E-state index contributed by atoms with van der Waals surface area (Å²) in [5.41, 5.74) is 5.09. The monoisotopic (exact) mass is 289 g/mol. The molecule has 1 N–H and O–H groups in total. The highest BCUT2D eigenvalue weighted by atomic mass is 15.2. The van der Waals surface area contributed by atoms with Crippen LogP contribution in [-0.4, -0.2) is 29.6 Å². The summed E-state index contributed by atoms with van der Waals surface area (Å²) in [5, 5.41) is 24.6. The molecule has 0 aliphatic heterocycles. The molecule has 4 heterocycles. The molecular weight excluding hydrogens is 278 g/mol. The van der Waals surface area contributed by atoms with E-state index in [1.54, 1.807) is 34.0 Å². The molecule has 7 nitrogen and oxygen atoms in total. The number of aromatic nitrogens is 6. The van der Waals surface area contributed by atoms with Gasteiger partial charge in [0.1, 0.15) is 6.07 Å². The van der Waals surface area contributed by atoms with Crippen LogP contribution in [0.15, 0.2) is 43.2 Å². The quantitative estimate of drug-likeness (QED) is 0.611. The number of rotatable bonds is 2. The maximum atomic E-state index is 9.30. The molecule has 0 radical (unpaired) electrons. The second-order valence-corrected chi connectivity index (χ2v) is 5.00. The minimum absolute atomic E-state index is 0.536. The Morgan fingerprint density at radius 3 is 2.68 bits per heavy atom. The number of pyridine rings is 1. The van der Waals surface area contributed by atoms with Gasteiger partial charge in [-0.2, -0.15) is 20.6 Å². The average molecular weight is 289 g/mol. The van der Waals surface area contributed by atoms with E-state index in [4.69, 9.17) is 0 Å². The molecule has 4 aromatic rings. The maximum Gasteiger partial charge on any atom is 0.103 e. The van der Waals surface area contributed by atoms with Crippen molar-refractivity contribution in [2.75, 3.05) is 0 Å². The van der Waals surface area contributed by atoms with Gasteiger partial charge in [0, 0.05) is 47.9 Å². The van der Waals surface area contributed by atoms with Gasteiger partial charge in [-0.3, -0.25) is 9.78 Å². The molecule has 0 unspecified atom stereocenters. The molecule has 4 rings (SSSR count). The molecule has 0 amide bonds. The topological polar surface area (TPSA) is 87.6 Å². The van der Waals surface area contributed by atoms with Gasteiger partial charge < -0.3 is 0 Å². The zero-order valence-corrected chi connectivity index (χ0v) is 11.7. The molecule has 4 aromatic heterocycles. The number of aryl methyl sites for hydroxylation is 1. The number of nitriles is 1. The Kier molecular flexibility index (Phi) is 2.56. The molecule has 0 saturated heterocycles. The highest BCUT2D eigenvalue weighted by Crippen LogP contribution is 2.31. The maximum absolute atomic E-state index is 9.30. The summed E-state index contributed by atoms with van der Waals surface area (Å²) in [6.07, 6.45) is 10.7.